The summed E-state index contributed by atoms with van der Waals surface area (Å²) < 4.78 is 22.6. The van der Waals surface area contributed by atoms with E-state index in [0.717, 1.165) is 19.4 Å². The smallest absolute Gasteiger partial charge is 0.307 e. The average molecular weight is 263 g/mol. The van der Waals surface area contributed by atoms with Crippen LogP contribution in [-0.4, -0.2) is 55.5 Å². The summed E-state index contributed by atoms with van der Waals surface area (Å²) in [5.74, 6) is -0.634. The van der Waals surface area contributed by atoms with Gasteiger partial charge in [-0.25, -0.2) is 8.42 Å². The number of likely N-dealkylation sites (tertiary alicyclic amines) is 1. The van der Waals surface area contributed by atoms with Crippen LogP contribution in [0, 0.1) is 5.92 Å². The number of aliphatic carboxylic acids is 1. The van der Waals surface area contributed by atoms with Gasteiger partial charge in [0, 0.05) is 12.3 Å². The van der Waals surface area contributed by atoms with E-state index in [1.54, 1.807) is 6.92 Å². The van der Waals surface area contributed by atoms with E-state index in [1.165, 1.54) is 0 Å². The summed E-state index contributed by atoms with van der Waals surface area (Å²) in [6.07, 6.45) is 2.22. The van der Waals surface area contributed by atoms with Gasteiger partial charge in [0.15, 0.2) is 0 Å². The van der Waals surface area contributed by atoms with Crippen LogP contribution in [0.4, 0.5) is 0 Å². The summed E-state index contributed by atoms with van der Waals surface area (Å²) in [4.78, 5) is 12.9. The van der Waals surface area contributed by atoms with Gasteiger partial charge in [-0.05, 0) is 32.4 Å². The molecule has 0 spiro atoms. The van der Waals surface area contributed by atoms with Crippen LogP contribution in [0.1, 0.15) is 26.2 Å². The van der Waals surface area contributed by atoms with Crippen LogP contribution in [0.5, 0.6) is 0 Å². The van der Waals surface area contributed by atoms with Crippen LogP contribution in [0.2, 0.25) is 0 Å². The molecular weight excluding hydrogens is 242 g/mol. The standard InChI is InChI=1S/C11H21NO4S/c1-2-17(15,16)8-4-7-12-6-3-5-10(9-12)11(13)14/h10H,2-9H2,1H3,(H,13,14). The minimum Gasteiger partial charge on any atom is -0.481 e. The van der Waals surface area contributed by atoms with E-state index in [-0.39, 0.29) is 17.4 Å². The summed E-state index contributed by atoms with van der Waals surface area (Å²) in [5.41, 5.74) is 0. The maximum atomic E-state index is 11.3. The van der Waals surface area contributed by atoms with E-state index in [1.807, 2.05) is 0 Å². The summed E-state index contributed by atoms with van der Waals surface area (Å²) in [5, 5.41) is 8.93. The number of sulfone groups is 1. The Balaban J connectivity index is 2.30. The molecule has 1 fully saturated rings. The molecule has 5 nitrogen and oxygen atoms in total. The largest absolute Gasteiger partial charge is 0.481 e. The Morgan fingerprint density at radius 3 is 2.76 bits per heavy atom. The molecule has 0 amide bonds. The minimum atomic E-state index is -2.89. The van der Waals surface area contributed by atoms with Crippen molar-refractivity contribution in [3.05, 3.63) is 0 Å². The molecule has 1 atom stereocenters. The van der Waals surface area contributed by atoms with E-state index < -0.39 is 15.8 Å². The Labute approximate surface area is 103 Å². The third kappa shape index (κ3) is 5.04. The predicted octanol–water partition coefficient (Wildman–Crippen LogP) is 0.608. The number of nitrogens with zero attached hydrogens (tertiary/aromatic N) is 1. The lowest BCUT2D eigenvalue weighted by molar-refractivity contribution is -0.143. The molecule has 1 aliphatic rings. The van der Waals surface area contributed by atoms with Crippen molar-refractivity contribution in [2.75, 3.05) is 31.1 Å². The molecule has 0 saturated carbocycles. The van der Waals surface area contributed by atoms with Crippen molar-refractivity contribution in [3.63, 3.8) is 0 Å². The number of rotatable bonds is 6. The van der Waals surface area contributed by atoms with Gasteiger partial charge in [-0.3, -0.25) is 4.79 Å². The van der Waals surface area contributed by atoms with Crippen molar-refractivity contribution in [1.29, 1.82) is 0 Å². The Hall–Kier alpha value is -0.620. The molecule has 1 unspecified atom stereocenters. The number of carbonyl (C=O) groups is 1. The third-order valence-electron chi connectivity index (χ3n) is 3.22. The molecule has 1 rings (SSSR count). The Kier molecular flexibility index (Phi) is 5.39. The van der Waals surface area contributed by atoms with E-state index in [0.29, 0.717) is 19.5 Å². The molecule has 0 aromatic carbocycles. The van der Waals surface area contributed by atoms with Crippen molar-refractivity contribution in [2.24, 2.45) is 5.92 Å². The molecule has 17 heavy (non-hydrogen) atoms. The van der Waals surface area contributed by atoms with Crippen molar-refractivity contribution in [1.82, 2.24) is 4.90 Å². The van der Waals surface area contributed by atoms with Gasteiger partial charge in [0.25, 0.3) is 0 Å². The maximum absolute atomic E-state index is 11.3. The van der Waals surface area contributed by atoms with Crippen LogP contribution >= 0.6 is 0 Å². The average Bonchev–Trinajstić information content (AvgIpc) is 2.29. The van der Waals surface area contributed by atoms with Gasteiger partial charge < -0.3 is 10.0 Å². The Morgan fingerprint density at radius 2 is 2.18 bits per heavy atom. The molecule has 0 bridgehead atoms. The van der Waals surface area contributed by atoms with Gasteiger partial charge >= 0.3 is 5.97 Å². The fourth-order valence-corrected chi connectivity index (χ4v) is 2.97. The van der Waals surface area contributed by atoms with E-state index >= 15 is 0 Å². The van der Waals surface area contributed by atoms with Crippen LogP contribution in [0.3, 0.4) is 0 Å². The molecular formula is C11H21NO4S. The topological polar surface area (TPSA) is 74.7 Å². The molecule has 1 N–H and O–H groups in total. The monoisotopic (exact) mass is 263 g/mol. The zero-order valence-electron chi connectivity index (χ0n) is 10.3. The molecule has 0 aliphatic carbocycles. The van der Waals surface area contributed by atoms with Crippen molar-refractivity contribution in [3.8, 4) is 0 Å². The first kappa shape index (κ1) is 14.4. The van der Waals surface area contributed by atoms with Gasteiger partial charge in [0.1, 0.15) is 9.84 Å². The second-order valence-electron chi connectivity index (χ2n) is 4.57. The van der Waals surface area contributed by atoms with Gasteiger partial charge in [0.2, 0.25) is 0 Å². The van der Waals surface area contributed by atoms with Crippen molar-refractivity contribution in [2.45, 2.75) is 26.2 Å². The summed E-state index contributed by atoms with van der Waals surface area (Å²) in [6.45, 7) is 3.77. The highest BCUT2D eigenvalue weighted by Gasteiger charge is 2.25. The molecule has 1 heterocycles. The molecule has 6 heteroatoms. The lowest BCUT2D eigenvalue weighted by atomic mass is 9.98. The van der Waals surface area contributed by atoms with Gasteiger partial charge in [0.05, 0.1) is 11.7 Å². The lowest BCUT2D eigenvalue weighted by Crippen LogP contribution is -2.39. The molecule has 0 aromatic rings. The highest BCUT2D eigenvalue weighted by molar-refractivity contribution is 7.91. The number of hydrogen-bond acceptors (Lipinski definition) is 4. The number of carboxylic acid groups (broad SMARTS) is 1. The first-order valence-corrected chi connectivity index (χ1v) is 7.92. The van der Waals surface area contributed by atoms with Gasteiger partial charge in [-0.2, -0.15) is 0 Å². The molecule has 0 aromatic heterocycles. The fourth-order valence-electron chi connectivity index (χ4n) is 2.11. The molecule has 0 radical (unpaired) electrons. The summed E-state index contributed by atoms with van der Waals surface area (Å²) in [7, 11) is -2.89. The number of hydrogen-bond donors (Lipinski definition) is 1. The van der Waals surface area contributed by atoms with Crippen LogP contribution < -0.4 is 0 Å². The molecule has 100 valence electrons. The molecule has 1 aliphatic heterocycles. The second kappa shape index (κ2) is 6.35. The fraction of sp³-hybridized carbons (Fsp3) is 0.909. The quantitative estimate of drug-likeness (QED) is 0.760. The van der Waals surface area contributed by atoms with E-state index in [4.69, 9.17) is 5.11 Å². The minimum absolute atomic E-state index is 0.185. The number of carboxylic acids is 1. The first-order valence-electron chi connectivity index (χ1n) is 6.10. The summed E-state index contributed by atoms with van der Waals surface area (Å²) >= 11 is 0. The zero-order chi connectivity index (χ0) is 12.9. The zero-order valence-corrected chi connectivity index (χ0v) is 11.1. The summed E-state index contributed by atoms with van der Waals surface area (Å²) in [6, 6.07) is 0. The maximum Gasteiger partial charge on any atom is 0.307 e. The van der Waals surface area contributed by atoms with Crippen LogP contribution in [-0.2, 0) is 14.6 Å². The van der Waals surface area contributed by atoms with Gasteiger partial charge in [-0.15, -0.1) is 0 Å². The lowest BCUT2D eigenvalue weighted by Gasteiger charge is -2.30. The highest BCUT2D eigenvalue weighted by Crippen LogP contribution is 2.16. The van der Waals surface area contributed by atoms with Crippen molar-refractivity contribution < 1.29 is 18.3 Å². The number of piperidine rings is 1. The highest BCUT2D eigenvalue weighted by atomic mass is 32.2. The van der Waals surface area contributed by atoms with Gasteiger partial charge in [-0.1, -0.05) is 6.92 Å². The normalized spacial score (nSPS) is 22.5. The molecule has 1 saturated heterocycles. The predicted molar refractivity (Wildman–Crippen MR) is 65.7 cm³/mol. The SMILES string of the molecule is CCS(=O)(=O)CCCN1CCCC(C(=O)O)C1. The van der Waals surface area contributed by atoms with E-state index in [9.17, 15) is 13.2 Å². The van der Waals surface area contributed by atoms with Crippen LogP contribution in [0.15, 0.2) is 0 Å². The first-order chi connectivity index (χ1) is 7.94. The second-order valence-corrected chi connectivity index (χ2v) is 7.04. The Bertz CT molecular complexity index is 352. The van der Waals surface area contributed by atoms with Crippen molar-refractivity contribution >= 4 is 15.8 Å². The van der Waals surface area contributed by atoms with Crippen LogP contribution in [0.25, 0.3) is 0 Å². The third-order valence-corrected chi connectivity index (χ3v) is 5.01. The Morgan fingerprint density at radius 1 is 1.47 bits per heavy atom. The van der Waals surface area contributed by atoms with E-state index in [2.05, 4.69) is 4.90 Å².